The van der Waals surface area contributed by atoms with Crippen molar-refractivity contribution < 1.29 is 14.7 Å². The molecule has 4 N–H and O–H groups in total. The van der Waals surface area contributed by atoms with E-state index >= 15 is 0 Å². The van der Waals surface area contributed by atoms with Crippen LogP contribution in [0.4, 0.5) is 0 Å². The third-order valence-electron chi connectivity index (χ3n) is 3.14. The van der Waals surface area contributed by atoms with Crippen LogP contribution in [0.15, 0.2) is 0 Å². The lowest BCUT2D eigenvalue weighted by molar-refractivity contribution is -0.138. The quantitative estimate of drug-likeness (QED) is 0.590. The maximum absolute atomic E-state index is 11.6. The molecule has 2 fully saturated rings. The van der Waals surface area contributed by atoms with Crippen LogP contribution in [-0.2, 0) is 9.59 Å². The van der Waals surface area contributed by atoms with Gasteiger partial charge in [0.15, 0.2) is 0 Å². The fourth-order valence-corrected chi connectivity index (χ4v) is 1.70. The Morgan fingerprint density at radius 2 is 2.07 bits per heavy atom. The van der Waals surface area contributed by atoms with Gasteiger partial charge in [0.05, 0.1) is 12.0 Å². The molecule has 0 aromatic rings. The zero-order valence-electron chi connectivity index (χ0n) is 8.53. The standard InChI is InChI=1S/C10H16N2O3/c11-10(3-4-10)9(15)12-7(5-8(13)14)6-1-2-6/h6-7H,1-5,11H2,(H,12,15)(H,13,14). The second kappa shape index (κ2) is 3.48. The number of carboxylic acid groups (broad SMARTS) is 1. The fourth-order valence-electron chi connectivity index (χ4n) is 1.70. The van der Waals surface area contributed by atoms with Crippen molar-refractivity contribution in [3.05, 3.63) is 0 Å². The second-order valence-corrected chi connectivity index (χ2v) is 4.67. The van der Waals surface area contributed by atoms with Crippen LogP contribution in [0.1, 0.15) is 32.1 Å². The Bertz CT molecular complexity index is 295. The molecule has 5 nitrogen and oxygen atoms in total. The minimum Gasteiger partial charge on any atom is -0.481 e. The van der Waals surface area contributed by atoms with Gasteiger partial charge in [0.1, 0.15) is 0 Å². The molecule has 1 atom stereocenters. The first-order valence-corrected chi connectivity index (χ1v) is 5.33. The number of nitrogens with two attached hydrogens (primary N) is 1. The van der Waals surface area contributed by atoms with Crippen molar-refractivity contribution in [3.63, 3.8) is 0 Å². The smallest absolute Gasteiger partial charge is 0.305 e. The number of carbonyl (C=O) groups is 2. The molecule has 0 radical (unpaired) electrons. The third kappa shape index (κ3) is 2.47. The number of nitrogens with one attached hydrogen (secondary N) is 1. The molecular formula is C10H16N2O3. The van der Waals surface area contributed by atoms with Gasteiger partial charge in [-0.15, -0.1) is 0 Å². The van der Waals surface area contributed by atoms with E-state index in [4.69, 9.17) is 10.8 Å². The Hall–Kier alpha value is -1.10. The normalized spacial score (nSPS) is 24.3. The van der Waals surface area contributed by atoms with Crippen LogP contribution in [0.5, 0.6) is 0 Å². The molecule has 15 heavy (non-hydrogen) atoms. The molecule has 2 rings (SSSR count). The molecule has 0 saturated heterocycles. The number of hydrogen-bond acceptors (Lipinski definition) is 3. The van der Waals surface area contributed by atoms with Gasteiger partial charge in [0, 0.05) is 6.04 Å². The number of carbonyl (C=O) groups excluding carboxylic acids is 1. The van der Waals surface area contributed by atoms with Gasteiger partial charge < -0.3 is 16.2 Å². The summed E-state index contributed by atoms with van der Waals surface area (Å²) in [4.78, 5) is 22.2. The first-order chi connectivity index (χ1) is 7.01. The first-order valence-electron chi connectivity index (χ1n) is 5.33. The van der Waals surface area contributed by atoms with Crippen molar-refractivity contribution in [1.29, 1.82) is 0 Å². The van der Waals surface area contributed by atoms with Gasteiger partial charge >= 0.3 is 5.97 Å². The summed E-state index contributed by atoms with van der Waals surface area (Å²) in [6.45, 7) is 0. The van der Waals surface area contributed by atoms with Gasteiger partial charge in [-0.2, -0.15) is 0 Å². The highest BCUT2D eigenvalue weighted by atomic mass is 16.4. The van der Waals surface area contributed by atoms with E-state index in [0.717, 1.165) is 12.8 Å². The molecule has 0 aromatic heterocycles. The number of hydrogen-bond donors (Lipinski definition) is 3. The summed E-state index contributed by atoms with van der Waals surface area (Å²) in [5.74, 6) is -0.706. The summed E-state index contributed by atoms with van der Waals surface area (Å²) in [6.07, 6.45) is 3.45. The fraction of sp³-hybridized carbons (Fsp3) is 0.800. The molecule has 2 saturated carbocycles. The van der Waals surface area contributed by atoms with Crippen LogP contribution >= 0.6 is 0 Å². The Morgan fingerprint density at radius 1 is 1.47 bits per heavy atom. The van der Waals surface area contributed by atoms with Gasteiger partial charge in [0.25, 0.3) is 0 Å². The predicted octanol–water partition coefficient (Wildman–Crippen LogP) is -0.153. The van der Waals surface area contributed by atoms with E-state index in [1.54, 1.807) is 0 Å². The van der Waals surface area contributed by atoms with Crippen LogP contribution in [-0.4, -0.2) is 28.6 Å². The van der Waals surface area contributed by atoms with E-state index in [2.05, 4.69) is 5.32 Å². The molecule has 2 aliphatic rings. The maximum atomic E-state index is 11.6. The van der Waals surface area contributed by atoms with Gasteiger partial charge in [-0.1, -0.05) is 0 Å². The largest absolute Gasteiger partial charge is 0.481 e. The number of carboxylic acids is 1. The van der Waals surface area contributed by atoms with Crippen molar-refractivity contribution in [2.75, 3.05) is 0 Å². The molecule has 5 heteroatoms. The number of amides is 1. The lowest BCUT2D eigenvalue weighted by Gasteiger charge is -2.18. The van der Waals surface area contributed by atoms with Crippen molar-refractivity contribution >= 4 is 11.9 Å². The average molecular weight is 212 g/mol. The summed E-state index contributed by atoms with van der Waals surface area (Å²) in [6, 6.07) is -0.226. The van der Waals surface area contributed by atoms with Crippen LogP contribution < -0.4 is 11.1 Å². The van der Waals surface area contributed by atoms with E-state index < -0.39 is 11.5 Å². The number of rotatable bonds is 5. The monoisotopic (exact) mass is 212 g/mol. The highest BCUT2D eigenvalue weighted by molar-refractivity contribution is 5.89. The second-order valence-electron chi connectivity index (χ2n) is 4.67. The number of aliphatic carboxylic acids is 1. The van der Waals surface area contributed by atoms with Crippen LogP contribution in [0, 0.1) is 5.92 Å². The summed E-state index contributed by atoms with van der Waals surface area (Å²) >= 11 is 0. The molecule has 0 bridgehead atoms. The molecular weight excluding hydrogens is 196 g/mol. The molecule has 84 valence electrons. The van der Waals surface area contributed by atoms with E-state index in [1.165, 1.54) is 0 Å². The Labute approximate surface area is 88.0 Å². The van der Waals surface area contributed by atoms with Crippen molar-refractivity contribution in [2.24, 2.45) is 11.7 Å². The molecule has 0 aromatic carbocycles. The molecule has 0 aliphatic heterocycles. The van der Waals surface area contributed by atoms with E-state index in [1.807, 2.05) is 0 Å². The summed E-state index contributed by atoms with van der Waals surface area (Å²) in [5.41, 5.74) is 5.03. The zero-order chi connectivity index (χ0) is 11.1. The SMILES string of the molecule is NC1(C(=O)NC(CC(=O)O)C2CC2)CC1. The highest BCUT2D eigenvalue weighted by Crippen LogP contribution is 2.36. The Balaban J connectivity index is 1.88. The molecule has 0 heterocycles. The van der Waals surface area contributed by atoms with Crippen LogP contribution in [0.3, 0.4) is 0 Å². The predicted molar refractivity (Wildman–Crippen MR) is 53.1 cm³/mol. The van der Waals surface area contributed by atoms with Crippen molar-refractivity contribution in [3.8, 4) is 0 Å². The summed E-state index contributed by atoms with van der Waals surface area (Å²) in [5, 5.41) is 11.5. The highest BCUT2D eigenvalue weighted by Gasteiger charge is 2.47. The summed E-state index contributed by atoms with van der Waals surface area (Å²) in [7, 11) is 0. The molecule has 2 aliphatic carbocycles. The summed E-state index contributed by atoms with van der Waals surface area (Å²) < 4.78 is 0. The lowest BCUT2D eigenvalue weighted by atomic mass is 10.1. The minimum absolute atomic E-state index is 0.00644. The van der Waals surface area contributed by atoms with Gasteiger partial charge in [-0.25, -0.2) is 0 Å². The van der Waals surface area contributed by atoms with Crippen LogP contribution in [0.25, 0.3) is 0 Å². The molecule has 1 unspecified atom stereocenters. The lowest BCUT2D eigenvalue weighted by Crippen LogP contribution is -2.48. The Kier molecular flexibility index (Phi) is 2.42. The minimum atomic E-state index is -0.867. The van der Waals surface area contributed by atoms with Crippen molar-refractivity contribution in [1.82, 2.24) is 5.32 Å². The van der Waals surface area contributed by atoms with Crippen molar-refractivity contribution in [2.45, 2.75) is 43.7 Å². The van der Waals surface area contributed by atoms with Gasteiger partial charge in [0.2, 0.25) is 5.91 Å². The topological polar surface area (TPSA) is 92.4 Å². The van der Waals surface area contributed by atoms with Gasteiger partial charge in [-0.05, 0) is 31.6 Å². The Morgan fingerprint density at radius 3 is 2.47 bits per heavy atom. The average Bonchev–Trinajstić information content (AvgIpc) is 2.95. The van der Waals surface area contributed by atoms with E-state index in [-0.39, 0.29) is 18.4 Å². The van der Waals surface area contributed by atoms with E-state index in [0.29, 0.717) is 18.8 Å². The maximum Gasteiger partial charge on any atom is 0.305 e. The van der Waals surface area contributed by atoms with Crippen LogP contribution in [0.2, 0.25) is 0 Å². The van der Waals surface area contributed by atoms with Gasteiger partial charge in [-0.3, -0.25) is 9.59 Å². The molecule has 1 amide bonds. The third-order valence-corrected chi connectivity index (χ3v) is 3.14. The molecule has 0 spiro atoms. The zero-order valence-corrected chi connectivity index (χ0v) is 8.53. The first kappa shape index (κ1) is 10.4. The van der Waals surface area contributed by atoms with E-state index in [9.17, 15) is 9.59 Å².